The molecule has 0 saturated heterocycles. The molecule has 3 nitrogen and oxygen atoms in total. The minimum absolute atomic E-state index is 0.0406. The van der Waals surface area contributed by atoms with Gasteiger partial charge in [-0.05, 0) is 106 Å². The number of carbonyl (C=O) groups is 1. The van der Waals surface area contributed by atoms with Gasteiger partial charge in [-0.1, -0.05) is 59.4 Å². The molecule has 182 valence electrons. The molecule has 1 rings (SSSR count). The molecule has 0 aromatic heterocycles. The average molecular weight is 444 g/mol. The van der Waals surface area contributed by atoms with Gasteiger partial charge in [-0.2, -0.15) is 0 Å². The van der Waals surface area contributed by atoms with Crippen molar-refractivity contribution in [2.24, 2.45) is 0 Å². The summed E-state index contributed by atoms with van der Waals surface area (Å²) in [7, 11) is 0. The van der Waals surface area contributed by atoms with Crippen LogP contribution in [-0.4, -0.2) is 18.2 Å². The molecule has 0 bridgehead atoms. The summed E-state index contributed by atoms with van der Waals surface area (Å²) < 4.78 is 5.50. The van der Waals surface area contributed by atoms with E-state index in [1.165, 1.54) is 41.6 Å². The Kier molecular flexibility index (Phi) is 14.8. The quantitative estimate of drug-likeness (QED) is 0.272. The fourth-order valence-corrected chi connectivity index (χ4v) is 4.06. The molecule has 1 fully saturated rings. The van der Waals surface area contributed by atoms with Gasteiger partial charge in [0.05, 0.1) is 0 Å². The Hall–Kier alpha value is -1.77. The van der Waals surface area contributed by atoms with Gasteiger partial charge in [0.25, 0.3) is 0 Å². The lowest BCUT2D eigenvalue weighted by Crippen LogP contribution is -2.34. The van der Waals surface area contributed by atoms with Gasteiger partial charge in [0, 0.05) is 6.04 Å². The zero-order chi connectivity index (χ0) is 23.8. The zero-order valence-corrected chi connectivity index (χ0v) is 21.8. The first-order valence-electron chi connectivity index (χ1n) is 12.8. The van der Waals surface area contributed by atoms with Gasteiger partial charge in [0.15, 0.2) is 0 Å². The number of rotatable bonds is 14. The summed E-state index contributed by atoms with van der Waals surface area (Å²) >= 11 is 0. The molecule has 0 aliphatic heterocycles. The molecule has 1 aliphatic rings. The number of hydrogen-bond acceptors (Lipinski definition) is 2. The molecule has 1 aliphatic carbocycles. The van der Waals surface area contributed by atoms with Crippen LogP contribution in [0.3, 0.4) is 0 Å². The number of alkyl carbamates (subject to hydrolysis) is 1. The maximum absolute atomic E-state index is 11.9. The summed E-state index contributed by atoms with van der Waals surface area (Å²) in [4.78, 5) is 11.9. The topological polar surface area (TPSA) is 38.3 Å². The lowest BCUT2D eigenvalue weighted by molar-refractivity contribution is 0.0997. The summed E-state index contributed by atoms with van der Waals surface area (Å²) in [5.74, 6) is 0. The van der Waals surface area contributed by atoms with Crippen LogP contribution in [0.1, 0.15) is 119 Å². The van der Waals surface area contributed by atoms with Crippen molar-refractivity contribution >= 4 is 6.09 Å². The number of nitrogens with one attached hydrogen (secondary N) is 1. The standard InChI is InChI=1S/C29H49NO2/c1-23(2)13-9-14-24(3)15-10-16-25(4)17-11-18-26(5)19-12-20-27(6)32-29(31)30-28-21-7-8-22-28/h13,15,17,19,27-28H,7-12,14,16,18,20-22H2,1-6H3,(H,30,31)/b24-15+,25-17+,26-19+. The van der Waals surface area contributed by atoms with Crippen molar-refractivity contribution in [3.8, 4) is 0 Å². The molecule has 1 N–H and O–H groups in total. The van der Waals surface area contributed by atoms with Crippen LogP contribution in [0.2, 0.25) is 0 Å². The molecule has 1 unspecified atom stereocenters. The first kappa shape index (κ1) is 28.3. The van der Waals surface area contributed by atoms with Crippen LogP contribution >= 0.6 is 0 Å². The number of hydrogen-bond donors (Lipinski definition) is 1. The minimum Gasteiger partial charge on any atom is -0.447 e. The Balaban J connectivity index is 2.16. The number of ether oxygens (including phenoxy) is 1. The minimum atomic E-state index is -0.247. The van der Waals surface area contributed by atoms with Crippen LogP contribution in [0.5, 0.6) is 0 Å². The van der Waals surface area contributed by atoms with Crippen molar-refractivity contribution in [3.05, 3.63) is 46.6 Å². The number of amides is 1. The van der Waals surface area contributed by atoms with E-state index >= 15 is 0 Å². The third-order valence-corrected chi connectivity index (χ3v) is 6.21. The highest BCUT2D eigenvalue weighted by molar-refractivity contribution is 5.67. The van der Waals surface area contributed by atoms with E-state index in [4.69, 9.17) is 4.74 Å². The second kappa shape index (κ2) is 16.8. The normalized spacial score (nSPS) is 16.8. The number of allylic oxidation sites excluding steroid dienone is 8. The molecule has 32 heavy (non-hydrogen) atoms. The summed E-state index contributed by atoms with van der Waals surface area (Å²) in [6.45, 7) is 13.0. The van der Waals surface area contributed by atoms with Crippen LogP contribution in [-0.2, 0) is 4.74 Å². The SMILES string of the molecule is CC(C)=CCC/C(C)=C/CC/C(C)=C/CC/C(C)=C/CCC(C)OC(=O)NC1CCCC1. The average Bonchev–Trinajstić information content (AvgIpc) is 3.20. The fourth-order valence-electron chi connectivity index (χ4n) is 4.06. The molecule has 1 atom stereocenters. The van der Waals surface area contributed by atoms with Crippen molar-refractivity contribution < 1.29 is 9.53 Å². The van der Waals surface area contributed by atoms with E-state index in [2.05, 4.69) is 64.2 Å². The van der Waals surface area contributed by atoms with Crippen molar-refractivity contribution in [2.45, 2.75) is 131 Å². The van der Waals surface area contributed by atoms with E-state index < -0.39 is 0 Å². The highest BCUT2D eigenvalue weighted by Crippen LogP contribution is 2.18. The van der Waals surface area contributed by atoms with Crippen LogP contribution < -0.4 is 5.32 Å². The lowest BCUT2D eigenvalue weighted by Gasteiger charge is -2.16. The van der Waals surface area contributed by atoms with E-state index in [0.717, 1.165) is 57.8 Å². The second-order valence-electron chi connectivity index (χ2n) is 9.97. The zero-order valence-electron chi connectivity index (χ0n) is 21.8. The summed E-state index contributed by atoms with van der Waals surface area (Å²) in [5, 5.41) is 2.99. The maximum atomic E-state index is 11.9. The van der Waals surface area contributed by atoms with Crippen molar-refractivity contribution in [3.63, 3.8) is 0 Å². The van der Waals surface area contributed by atoms with E-state index in [0.29, 0.717) is 6.04 Å². The first-order valence-corrected chi connectivity index (χ1v) is 12.8. The van der Waals surface area contributed by atoms with E-state index in [1.807, 2.05) is 6.92 Å². The summed E-state index contributed by atoms with van der Waals surface area (Å²) in [5.41, 5.74) is 5.82. The van der Waals surface area contributed by atoms with Crippen LogP contribution in [0.15, 0.2) is 46.6 Å². The highest BCUT2D eigenvalue weighted by Gasteiger charge is 2.18. The van der Waals surface area contributed by atoms with Gasteiger partial charge < -0.3 is 10.1 Å². The fraction of sp³-hybridized carbons (Fsp3) is 0.690. The predicted molar refractivity (Wildman–Crippen MR) is 139 cm³/mol. The third-order valence-electron chi connectivity index (χ3n) is 6.21. The first-order chi connectivity index (χ1) is 15.3. The van der Waals surface area contributed by atoms with Crippen LogP contribution in [0, 0.1) is 0 Å². The molecule has 1 amide bonds. The van der Waals surface area contributed by atoms with Gasteiger partial charge in [-0.25, -0.2) is 4.79 Å². The molecule has 3 heteroatoms. The Morgan fingerprint density at radius 1 is 0.812 bits per heavy atom. The van der Waals surface area contributed by atoms with Gasteiger partial charge in [-0.3, -0.25) is 0 Å². The van der Waals surface area contributed by atoms with Gasteiger partial charge in [0.2, 0.25) is 0 Å². The Bertz CT molecular complexity index is 659. The number of carbonyl (C=O) groups excluding carboxylic acids is 1. The predicted octanol–water partition coefficient (Wildman–Crippen LogP) is 8.97. The Labute approximate surface area is 198 Å². The van der Waals surface area contributed by atoms with Crippen LogP contribution in [0.4, 0.5) is 4.79 Å². The Morgan fingerprint density at radius 3 is 1.78 bits per heavy atom. The smallest absolute Gasteiger partial charge is 0.407 e. The van der Waals surface area contributed by atoms with E-state index in [9.17, 15) is 4.79 Å². The Morgan fingerprint density at radius 2 is 1.28 bits per heavy atom. The van der Waals surface area contributed by atoms with E-state index in [1.54, 1.807) is 0 Å². The maximum Gasteiger partial charge on any atom is 0.407 e. The van der Waals surface area contributed by atoms with E-state index in [-0.39, 0.29) is 12.2 Å². The van der Waals surface area contributed by atoms with Crippen molar-refractivity contribution in [2.75, 3.05) is 0 Å². The molecule has 0 spiro atoms. The van der Waals surface area contributed by atoms with Crippen molar-refractivity contribution in [1.29, 1.82) is 0 Å². The monoisotopic (exact) mass is 443 g/mol. The lowest BCUT2D eigenvalue weighted by atomic mass is 10.0. The van der Waals surface area contributed by atoms with Gasteiger partial charge in [0.1, 0.15) is 6.10 Å². The second-order valence-corrected chi connectivity index (χ2v) is 9.97. The summed E-state index contributed by atoms with van der Waals surface area (Å²) in [6.07, 6.45) is 22.4. The molecular formula is C29H49NO2. The van der Waals surface area contributed by atoms with Gasteiger partial charge >= 0.3 is 6.09 Å². The molecule has 0 radical (unpaired) electrons. The van der Waals surface area contributed by atoms with Crippen molar-refractivity contribution in [1.82, 2.24) is 5.32 Å². The third kappa shape index (κ3) is 15.1. The molecule has 0 heterocycles. The molecule has 0 aromatic rings. The van der Waals surface area contributed by atoms with Gasteiger partial charge in [-0.15, -0.1) is 0 Å². The summed E-state index contributed by atoms with van der Waals surface area (Å²) in [6, 6.07) is 0.320. The molecular weight excluding hydrogens is 394 g/mol. The molecule has 0 aromatic carbocycles. The highest BCUT2D eigenvalue weighted by atomic mass is 16.6. The molecule has 1 saturated carbocycles. The largest absolute Gasteiger partial charge is 0.447 e. The van der Waals surface area contributed by atoms with Crippen LogP contribution in [0.25, 0.3) is 0 Å².